The summed E-state index contributed by atoms with van der Waals surface area (Å²) in [5.74, 6) is 0. The van der Waals surface area contributed by atoms with Crippen molar-refractivity contribution in [2.24, 2.45) is 0 Å². The molecule has 0 aromatic heterocycles. The van der Waals surface area contributed by atoms with Gasteiger partial charge in [0.15, 0.2) is 0 Å². The molecule has 0 radical (unpaired) electrons. The van der Waals surface area contributed by atoms with Crippen LogP contribution in [0.1, 0.15) is 5.56 Å². The van der Waals surface area contributed by atoms with Crippen LogP contribution in [0.2, 0.25) is 0 Å². The van der Waals surface area contributed by atoms with Gasteiger partial charge in [0.25, 0.3) is 0 Å². The Kier molecular flexibility index (Phi) is 1.65. The van der Waals surface area contributed by atoms with Crippen molar-refractivity contribution < 1.29 is 0 Å². The van der Waals surface area contributed by atoms with Crippen molar-refractivity contribution in [2.75, 3.05) is 0 Å². The number of halogens is 1. The molecule has 2 fully saturated rings. The largest absolute Gasteiger partial charge is 0.146 e. The molecule has 0 bridgehead atoms. The van der Waals surface area contributed by atoms with Crippen LogP contribution in [0.5, 0.6) is 0 Å². The molecule has 1 aromatic rings. The SMILES string of the molecule is BrC12SC1(c1ccccc1)C=CC1SC12. The number of fused-ring (bicyclic) bond motifs is 3. The van der Waals surface area contributed by atoms with Crippen LogP contribution in [-0.4, -0.2) is 14.2 Å². The summed E-state index contributed by atoms with van der Waals surface area (Å²) in [5.41, 5.74) is 1.44. The monoisotopic (exact) mass is 296 g/mol. The van der Waals surface area contributed by atoms with Crippen LogP contribution in [0.25, 0.3) is 0 Å². The van der Waals surface area contributed by atoms with E-state index >= 15 is 0 Å². The van der Waals surface area contributed by atoms with Gasteiger partial charge in [-0.2, -0.15) is 0 Å². The average molecular weight is 297 g/mol. The maximum Gasteiger partial charge on any atom is 0.107 e. The molecule has 15 heavy (non-hydrogen) atoms. The van der Waals surface area contributed by atoms with E-state index in [9.17, 15) is 0 Å². The minimum atomic E-state index is 0.221. The van der Waals surface area contributed by atoms with Crippen LogP contribution < -0.4 is 0 Å². The van der Waals surface area contributed by atoms with E-state index in [1.165, 1.54) is 5.56 Å². The summed E-state index contributed by atoms with van der Waals surface area (Å²) >= 11 is 8.11. The van der Waals surface area contributed by atoms with Crippen molar-refractivity contribution in [1.82, 2.24) is 0 Å². The summed E-state index contributed by atoms with van der Waals surface area (Å²) in [4.78, 5) is 0. The highest BCUT2D eigenvalue weighted by atomic mass is 79.9. The summed E-state index contributed by atoms with van der Waals surface area (Å²) in [6.45, 7) is 0. The minimum absolute atomic E-state index is 0.221. The quantitative estimate of drug-likeness (QED) is 0.439. The molecule has 76 valence electrons. The smallest absolute Gasteiger partial charge is 0.107 e. The average Bonchev–Trinajstić information content (AvgIpc) is 3.10. The van der Waals surface area contributed by atoms with Crippen molar-refractivity contribution >= 4 is 39.5 Å². The number of alkyl halides is 1. The van der Waals surface area contributed by atoms with Crippen LogP contribution in [0, 0.1) is 0 Å². The van der Waals surface area contributed by atoms with Gasteiger partial charge in [0.2, 0.25) is 0 Å². The van der Waals surface area contributed by atoms with E-state index in [-0.39, 0.29) is 8.40 Å². The first-order chi connectivity index (χ1) is 7.26. The number of hydrogen-bond acceptors (Lipinski definition) is 2. The lowest BCUT2D eigenvalue weighted by Gasteiger charge is -2.18. The van der Waals surface area contributed by atoms with Gasteiger partial charge in [-0.1, -0.05) is 58.4 Å². The van der Waals surface area contributed by atoms with Gasteiger partial charge in [-0.05, 0) is 5.56 Å². The Morgan fingerprint density at radius 2 is 2.00 bits per heavy atom. The highest BCUT2D eigenvalue weighted by Gasteiger charge is 2.77. The van der Waals surface area contributed by atoms with Gasteiger partial charge >= 0.3 is 0 Å². The normalized spacial score (nSPS) is 49.4. The van der Waals surface area contributed by atoms with Gasteiger partial charge in [0.05, 0.1) is 4.75 Å². The zero-order valence-corrected chi connectivity index (χ0v) is 11.1. The lowest BCUT2D eigenvalue weighted by Crippen LogP contribution is -2.25. The second-order valence-corrected chi connectivity index (χ2v) is 8.82. The first-order valence-electron chi connectivity index (χ1n) is 5.06. The Morgan fingerprint density at radius 1 is 1.20 bits per heavy atom. The van der Waals surface area contributed by atoms with Gasteiger partial charge in [-0.15, -0.1) is 23.5 Å². The van der Waals surface area contributed by atoms with Gasteiger partial charge in [-0.25, -0.2) is 0 Å². The summed E-state index contributed by atoms with van der Waals surface area (Å²) in [5, 5.41) is 1.56. The van der Waals surface area contributed by atoms with E-state index in [0.717, 1.165) is 10.5 Å². The van der Waals surface area contributed by atoms with E-state index in [0.29, 0.717) is 0 Å². The highest BCUT2D eigenvalue weighted by Crippen LogP contribution is 2.83. The summed E-state index contributed by atoms with van der Waals surface area (Å²) in [7, 11) is 0. The predicted octanol–water partition coefficient (Wildman–Crippen LogP) is 3.77. The fourth-order valence-corrected chi connectivity index (χ4v) is 7.31. The molecule has 4 rings (SSSR count). The lowest BCUT2D eigenvalue weighted by molar-refractivity contribution is 0.746. The van der Waals surface area contributed by atoms with Crippen molar-refractivity contribution in [1.29, 1.82) is 0 Å². The maximum absolute atomic E-state index is 3.96. The van der Waals surface area contributed by atoms with Crippen LogP contribution in [0.15, 0.2) is 42.5 Å². The topological polar surface area (TPSA) is 0 Å². The molecule has 0 saturated carbocycles. The number of benzene rings is 1. The van der Waals surface area contributed by atoms with Crippen LogP contribution in [0.4, 0.5) is 0 Å². The van der Waals surface area contributed by atoms with Crippen LogP contribution in [-0.2, 0) is 4.75 Å². The van der Waals surface area contributed by atoms with Crippen molar-refractivity contribution in [3.63, 3.8) is 0 Å². The van der Waals surface area contributed by atoms with E-state index in [2.05, 4.69) is 81.9 Å². The Bertz CT molecular complexity index is 458. The zero-order chi connectivity index (χ0) is 10.1. The Hall–Kier alpha value is 0.140. The first kappa shape index (κ1) is 9.20. The second kappa shape index (κ2) is 2.69. The predicted molar refractivity (Wildman–Crippen MR) is 71.7 cm³/mol. The molecule has 4 unspecified atom stereocenters. The maximum atomic E-state index is 3.96. The molecule has 0 spiro atoms. The fraction of sp³-hybridized carbons (Fsp3) is 0.333. The van der Waals surface area contributed by atoms with Gasteiger partial charge in [0.1, 0.15) is 3.66 Å². The van der Waals surface area contributed by atoms with E-state index < -0.39 is 0 Å². The molecular formula is C12H9BrS2. The standard InChI is InChI=1S/C12H9BrS2/c13-12-10-9(14-10)6-7-11(12,15-12)8-4-2-1-3-5-8/h1-7,9-10H. The third-order valence-electron chi connectivity index (χ3n) is 3.39. The molecule has 1 aromatic carbocycles. The van der Waals surface area contributed by atoms with Gasteiger partial charge in [-0.3, -0.25) is 0 Å². The molecule has 4 atom stereocenters. The molecule has 0 N–H and O–H groups in total. The van der Waals surface area contributed by atoms with Crippen LogP contribution in [0.3, 0.4) is 0 Å². The third kappa shape index (κ3) is 1.02. The molecule has 0 nitrogen and oxygen atoms in total. The molecular weight excluding hydrogens is 288 g/mol. The lowest BCUT2D eigenvalue weighted by atomic mass is 9.89. The molecule has 2 heterocycles. The second-order valence-electron chi connectivity index (χ2n) is 4.23. The zero-order valence-electron chi connectivity index (χ0n) is 7.89. The van der Waals surface area contributed by atoms with E-state index in [1.807, 2.05) is 0 Å². The van der Waals surface area contributed by atoms with Crippen molar-refractivity contribution in [3.05, 3.63) is 48.0 Å². The summed E-state index contributed by atoms with van der Waals surface area (Å²) < 4.78 is 0.504. The minimum Gasteiger partial charge on any atom is -0.146 e. The number of hydrogen-bond donors (Lipinski definition) is 0. The molecule has 1 aliphatic carbocycles. The summed E-state index contributed by atoms with van der Waals surface area (Å²) in [6.07, 6.45) is 4.80. The number of rotatable bonds is 1. The first-order valence-corrected chi connectivity index (χ1v) is 7.61. The Morgan fingerprint density at radius 3 is 2.80 bits per heavy atom. The van der Waals surface area contributed by atoms with Crippen molar-refractivity contribution in [2.45, 2.75) is 18.9 Å². The van der Waals surface area contributed by atoms with Gasteiger partial charge in [0, 0.05) is 10.5 Å². The Balaban J connectivity index is 1.85. The molecule has 3 aliphatic rings. The number of thioether (sulfide) groups is 2. The van der Waals surface area contributed by atoms with E-state index in [4.69, 9.17) is 0 Å². The van der Waals surface area contributed by atoms with Gasteiger partial charge < -0.3 is 0 Å². The Labute approximate surface area is 106 Å². The van der Waals surface area contributed by atoms with Crippen LogP contribution >= 0.6 is 39.5 Å². The highest BCUT2D eigenvalue weighted by molar-refractivity contribution is 9.13. The fourth-order valence-electron chi connectivity index (χ4n) is 2.46. The molecule has 0 amide bonds. The summed E-state index contributed by atoms with van der Waals surface area (Å²) in [6, 6.07) is 10.8. The molecule has 3 heteroatoms. The third-order valence-corrected chi connectivity index (χ3v) is 8.76. The molecule has 2 saturated heterocycles. The van der Waals surface area contributed by atoms with Crippen molar-refractivity contribution in [3.8, 4) is 0 Å². The van der Waals surface area contributed by atoms with E-state index in [1.54, 1.807) is 0 Å². The molecule has 2 aliphatic heterocycles.